The largest absolute Gasteiger partial charge is 0.366 e. The zero-order chi connectivity index (χ0) is 16.7. The molecule has 0 unspecified atom stereocenters. The fourth-order valence-electron chi connectivity index (χ4n) is 3.26. The van der Waals surface area contributed by atoms with Gasteiger partial charge in [-0.2, -0.15) is 0 Å². The highest BCUT2D eigenvalue weighted by Crippen LogP contribution is 2.34. The zero-order valence-corrected chi connectivity index (χ0v) is 13.7. The minimum Gasteiger partial charge on any atom is -0.366 e. The Hall–Kier alpha value is -2.44. The lowest BCUT2D eigenvalue weighted by Crippen LogP contribution is -2.41. The number of hydrogen-bond donors (Lipinski definition) is 2. The third-order valence-electron chi connectivity index (χ3n) is 4.89. The van der Waals surface area contributed by atoms with Crippen molar-refractivity contribution in [3.63, 3.8) is 0 Å². The molecule has 2 fully saturated rings. The summed E-state index contributed by atoms with van der Waals surface area (Å²) in [6.45, 7) is 3.13. The lowest BCUT2D eigenvalue weighted by atomic mass is 10.1. The van der Waals surface area contributed by atoms with Crippen molar-refractivity contribution < 1.29 is 9.59 Å². The predicted molar refractivity (Wildman–Crippen MR) is 89.8 cm³/mol. The molecule has 0 bridgehead atoms. The summed E-state index contributed by atoms with van der Waals surface area (Å²) >= 11 is 0. The van der Waals surface area contributed by atoms with E-state index in [9.17, 15) is 9.59 Å². The van der Waals surface area contributed by atoms with Gasteiger partial charge in [0.25, 0.3) is 0 Å². The van der Waals surface area contributed by atoms with Crippen molar-refractivity contribution in [2.75, 3.05) is 18.4 Å². The molecular weight excluding hydrogens is 306 g/mol. The highest BCUT2D eigenvalue weighted by atomic mass is 16.2. The molecule has 24 heavy (non-hydrogen) atoms. The van der Waals surface area contributed by atoms with E-state index in [4.69, 9.17) is 0 Å². The van der Waals surface area contributed by atoms with Crippen LogP contribution in [0.3, 0.4) is 0 Å². The van der Waals surface area contributed by atoms with E-state index in [-0.39, 0.29) is 23.7 Å². The molecule has 0 radical (unpaired) electrons. The Morgan fingerprint density at radius 3 is 2.67 bits per heavy atom. The van der Waals surface area contributed by atoms with Crippen LogP contribution in [-0.4, -0.2) is 50.7 Å². The fourth-order valence-corrected chi connectivity index (χ4v) is 3.26. The van der Waals surface area contributed by atoms with E-state index in [1.54, 1.807) is 19.3 Å². The Morgan fingerprint density at radius 2 is 2.00 bits per heavy atom. The van der Waals surface area contributed by atoms with Gasteiger partial charge in [-0.1, -0.05) is 0 Å². The molecule has 7 nitrogen and oxygen atoms in total. The minimum absolute atomic E-state index is 0.130. The SMILES string of the molecule is CC(=O)N1CCC(Nc2cnc3[nH]cc(C(=O)C4CC4)c3n2)CC1. The molecule has 0 aromatic carbocycles. The Balaban J connectivity index is 1.49. The first-order chi connectivity index (χ1) is 11.6. The third kappa shape index (κ3) is 2.86. The van der Waals surface area contributed by atoms with Crippen LogP contribution in [-0.2, 0) is 4.79 Å². The zero-order valence-electron chi connectivity index (χ0n) is 13.7. The second-order valence-corrected chi connectivity index (χ2v) is 6.72. The smallest absolute Gasteiger partial charge is 0.219 e. The number of Topliss-reactive ketones (excluding diaryl/α,β-unsaturated/α-hetero) is 1. The van der Waals surface area contributed by atoms with Crippen molar-refractivity contribution in [1.82, 2.24) is 19.9 Å². The first-order valence-electron chi connectivity index (χ1n) is 8.52. The topological polar surface area (TPSA) is 91.0 Å². The van der Waals surface area contributed by atoms with E-state index in [0.717, 1.165) is 38.8 Å². The monoisotopic (exact) mass is 327 g/mol. The third-order valence-corrected chi connectivity index (χ3v) is 4.89. The molecule has 4 rings (SSSR count). The summed E-state index contributed by atoms with van der Waals surface area (Å²) in [5.41, 5.74) is 1.95. The molecule has 1 saturated carbocycles. The van der Waals surface area contributed by atoms with Gasteiger partial charge in [-0.05, 0) is 25.7 Å². The quantitative estimate of drug-likeness (QED) is 0.838. The van der Waals surface area contributed by atoms with E-state index in [1.165, 1.54) is 0 Å². The fraction of sp³-hybridized carbons (Fsp3) is 0.529. The second kappa shape index (κ2) is 5.89. The normalized spacial score (nSPS) is 18.8. The van der Waals surface area contributed by atoms with Crippen molar-refractivity contribution in [2.45, 2.75) is 38.6 Å². The van der Waals surface area contributed by atoms with Crippen LogP contribution < -0.4 is 5.32 Å². The Bertz CT molecular complexity index is 787. The summed E-state index contributed by atoms with van der Waals surface area (Å²) in [6, 6.07) is 0.272. The number of fused-ring (bicyclic) bond motifs is 1. The number of amides is 1. The summed E-state index contributed by atoms with van der Waals surface area (Å²) in [5.74, 6) is 1.15. The van der Waals surface area contributed by atoms with Crippen molar-refractivity contribution in [3.8, 4) is 0 Å². The van der Waals surface area contributed by atoms with Gasteiger partial charge in [-0.15, -0.1) is 0 Å². The maximum atomic E-state index is 12.3. The molecule has 1 aliphatic heterocycles. The lowest BCUT2D eigenvalue weighted by molar-refractivity contribution is -0.129. The number of H-pyrrole nitrogens is 1. The Morgan fingerprint density at radius 1 is 1.25 bits per heavy atom. The molecule has 1 aliphatic carbocycles. The van der Waals surface area contributed by atoms with Crippen LogP contribution >= 0.6 is 0 Å². The van der Waals surface area contributed by atoms with E-state index >= 15 is 0 Å². The summed E-state index contributed by atoms with van der Waals surface area (Å²) in [6.07, 6.45) is 7.15. The minimum atomic E-state index is 0.130. The van der Waals surface area contributed by atoms with Crippen LogP contribution in [0.2, 0.25) is 0 Å². The number of nitrogens with one attached hydrogen (secondary N) is 2. The number of piperidine rings is 1. The van der Waals surface area contributed by atoms with Crippen molar-refractivity contribution in [1.29, 1.82) is 0 Å². The number of rotatable bonds is 4. The number of aromatic nitrogens is 3. The molecule has 2 aliphatic rings. The summed E-state index contributed by atoms with van der Waals surface area (Å²) in [5, 5.41) is 3.40. The number of anilines is 1. The average molecular weight is 327 g/mol. The van der Waals surface area contributed by atoms with E-state index in [1.807, 2.05) is 4.90 Å². The molecule has 0 atom stereocenters. The number of ketones is 1. The summed E-state index contributed by atoms with van der Waals surface area (Å²) in [7, 11) is 0. The van der Waals surface area contributed by atoms with E-state index in [0.29, 0.717) is 22.5 Å². The molecule has 0 spiro atoms. The lowest BCUT2D eigenvalue weighted by Gasteiger charge is -2.31. The average Bonchev–Trinajstić information content (AvgIpc) is 3.35. The molecular formula is C17H21N5O2. The number of hydrogen-bond acceptors (Lipinski definition) is 5. The summed E-state index contributed by atoms with van der Waals surface area (Å²) < 4.78 is 0. The Kier molecular flexibility index (Phi) is 3.70. The van der Waals surface area contributed by atoms with Gasteiger partial charge in [0.05, 0.1) is 11.8 Å². The van der Waals surface area contributed by atoms with Crippen LogP contribution in [0, 0.1) is 5.92 Å². The first kappa shape index (κ1) is 15.1. The van der Waals surface area contributed by atoms with Crippen molar-refractivity contribution in [2.24, 2.45) is 5.92 Å². The number of carbonyl (C=O) groups is 2. The number of nitrogens with zero attached hydrogens (tertiary/aromatic N) is 3. The standard InChI is InChI=1S/C17H21N5O2/c1-10(23)22-6-4-12(5-7-22)20-14-9-19-17-15(21-14)13(8-18-17)16(24)11-2-3-11/h8-9,11-12H,2-7H2,1H3,(H,18,19)(H,20,21). The van der Waals surface area contributed by atoms with Crippen LogP contribution in [0.25, 0.3) is 11.2 Å². The van der Waals surface area contributed by atoms with Gasteiger partial charge in [0.2, 0.25) is 5.91 Å². The number of likely N-dealkylation sites (tertiary alicyclic amines) is 1. The first-order valence-corrected chi connectivity index (χ1v) is 8.52. The highest BCUT2D eigenvalue weighted by molar-refractivity contribution is 6.08. The van der Waals surface area contributed by atoms with Crippen molar-refractivity contribution >= 4 is 28.7 Å². The van der Waals surface area contributed by atoms with Crippen LogP contribution in [0.5, 0.6) is 0 Å². The van der Waals surface area contributed by atoms with Gasteiger partial charge >= 0.3 is 0 Å². The molecule has 1 amide bonds. The van der Waals surface area contributed by atoms with Crippen LogP contribution in [0.4, 0.5) is 5.82 Å². The van der Waals surface area contributed by atoms with Gasteiger partial charge in [-0.3, -0.25) is 9.59 Å². The van der Waals surface area contributed by atoms with Crippen molar-refractivity contribution in [3.05, 3.63) is 18.0 Å². The van der Waals surface area contributed by atoms with Gasteiger partial charge in [0, 0.05) is 38.2 Å². The molecule has 2 aromatic rings. The van der Waals surface area contributed by atoms with Crippen LogP contribution in [0.15, 0.2) is 12.4 Å². The van der Waals surface area contributed by atoms with Gasteiger partial charge in [-0.25, -0.2) is 9.97 Å². The number of aromatic amines is 1. The highest BCUT2D eigenvalue weighted by Gasteiger charge is 2.32. The maximum Gasteiger partial charge on any atom is 0.219 e. The number of carbonyl (C=O) groups excluding carboxylic acids is 2. The van der Waals surface area contributed by atoms with Crippen LogP contribution in [0.1, 0.15) is 43.0 Å². The second-order valence-electron chi connectivity index (χ2n) is 6.72. The molecule has 2 aromatic heterocycles. The predicted octanol–water partition coefficient (Wildman–Crippen LogP) is 1.97. The van der Waals surface area contributed by atoms with E-state index in [2.05, 4.69) is 20.3 Å². The van der Waals surface area contributed by atoms with Gasteiger partial charge < -0.3 is 15.2 Å². The maximum absolute atomic E-state index is 12.3. The molecule has 2 N–H and O–H groups in total. The molecule has 3 heterocycles. The Labute approximate surface area is 139 Å². The van der Waals surface area contributed by atoms with E-state index < -0.39 is 0 Å². The summed E-state index contributed by atoms with van der Waals surface area (Å²) in [4.78, 5) is 37.6. The van der Waals surface area contributed by atoms with Gasteiger partial charge in [0.15, 0.2) is 11.4 Å². The molecule has 7 heteroatoms. The van der Waals surface area contributed by atoms with Gasteiger partial charge in [0.1, 0.15) is 11.3 Å². The molecule has 1 saturated heterocycles. The molecule has 126 valence electrons.